The van der Waals surface area contributed by atoms with Crippen LogP contribution < -0.4 is 0 Å². The van der Waals surface area contributed by atoms with Crippen molar-refractivity contribution in [3.63, 3.8) is 0 Å². The van der Waals surface area contributed by atoms with Gasteiger partial charge in [0.15, 0.2) is 0 Å². The first kappa shape index (κ1) is 62.4. The first-order valence-electron chi connectivity index (χ1n) is 31.5. The Morgan fingerprint density at radius 2 is 0.598 bits per heavy atom. The van der Waals surface area contributed by atoms with E-state index in [0.29, 0.717) is 0 Å². The molecule has 0 N–H and O–H groups in total. The van der Waals surface area contributed by atoms with E-state index in [-0.39, 0.29) is 36.4 Å². The summed E-state index contributed by atoms with van der Waals surface area (Å²) in [6.45, 7) is 20.2. The number of benzene rings is 9. The third-order valence-electron chi connectivity index (χ3n) is 17.5. The summed E-state index contributed by atoms with van der Waals surface area (Å²) in [6, 6.07) is 96.3. The van der Waals surface area contributed by atoms with E-state index >= 15 is 0 Å². The Labute approximate surface area is 558 Å². The quantitative estimate of drug-likeness (QED) is 0.114. The molecular formula is C88H73IrN3-4. The second kappa shape index (κ2) is 26.2. The minimum absolute atomic E-state index is 0. The van der Waals surface area contributed by atoms with E-state index in [1.807, 2.05) is 18.6 Å². The van der Waals surface area contributed by atoms with Gasteiger partial charge in [-0.1, -0.05) is 312 Å². The van der Waals surface area contributed by atoms with E-state index in [9.17, 15) is 0 Å². The predicted octanol–water partition coefficient (Wildman–Crippen LogP) is 22.9. The molecule has 453 valence electrons. The Bertz CT molecular complexity index is 4760. The van der Waals surface area contributed by atoms with Gasteiger partial charge in [0.05, 0.1) is 0 Å². The summed E-state index contributed by atoms with van der Waals surface area (Å²) in [5, 5.41) is 0. The summed E-state index contributed by atoms with van der Waals surface area (Å²) >= 11 is 0. The van der Waals surface area contributed by atoms with Gasteiger partial charge in [-0.25, -0.2) is 0 Å². The molecule has 0 fully saturated rings. The third kappa shape index (κ3) is 13.2. The van der Waals surface area contributed by atoms with Gasteiger partial charge in [0.25, 0.3) is 0 Å². The molecule has 13 rings (SSSR count). The molecule has 12 aromatic rings. The molecule has 0 atom stereocenters. The second-order valence-electron chi connectivity index (χ2n) is 26.8. The number of allylic oxidation sites excluding steroid dienone is 6. The van der Waals surface area contributed by atoms with E-state index in [2.05, 4.69) is 342 Å². The van der Waals surface area contributed by atoms with Crippen molar-refractivity contribution in [3.8, 4) is 101 Å². The maximum Gasteiger partial charge on any atom is 0.0163 e. The van der Waals surface area contributed by atoms with Crippen molar-refractivity contribution in [1.82, 2.24) is 15.0 Å². The molecule has 9 aromatic carbocycles. The molecule has 3 aromatic heterocycles. The molecule has 0 spiro atoms. The monoisotopic (exact) mass is 1360 g/mol. The topological polar surface area (TPSA) is 38.7 Å². The average molecular weight is 1360 g/mol. The van der Waals surface area contributed by atoms with E-state index in [1.165, 1.54) is 16.7 Å². The smallest absolute Gasteiger partial charge is 0.0163 e. The van der Waals surface area contributed by atoms with Gasteiger partial charge in [-0.3, -0.25) is 0 Å². The minimum Gasteiger partial charge on any atom is -0.305 e. The van der Waals surface area contributed by atoms with Gasteiger partial charge < -0.3 is 15.0 Å². The number of aromatic nitrogens is 3. The SMILES string of the molecule is CC(C)(C)c1ccnc(-c2[c-]cc(-c3ccccc3C3=C[CH-]C(c4ccccc4-c4c[c-]c(-c5cc(C(C)(C)C)ccn5)cc4-c4ccccc4)=CC(c4ccccc4-c4c[c-]c(-c5cc(C(C)(C)C)ccn5)cc4-c4ccccc4)=C3)c(-c3ccccc3)c2)c1.[Ir]. The molecule has 0 unspecified atom stereocenters. The van der Waals surface area contributed by atoms with Crippen molar-refractivity contribution in [2.45, 2.75) is 78.6 Å². The average Bonchev–Trinajstić information content (AvgIpc) is 1.18. The van der Waals surface area contributed by atoms with Gasteiger partial charge in [-0.2, -0.15) is 0 Å². The van der Waals surface area contributed by atoms with Crippen molar-refractivity contribution >= 4 is 16.7 Å². The van der Waals surface area contributed by atoms with Crippen molar-refractivity contribution < 1.29 is 20.1 Å². The molecular weight excluding hydrogens is 1290 g/mol. The summed E-state index contributed by atoms with van der Waals surface area (Å²) in [5.74, 6) is 0. The molecule has 0 amide bonds. The molecule has 3 nitrogen and oxygen atoms in total. The van der Waals surface area contributed by atoms with Crippen LogP contribution in [0.3, 0.4) is 0 Å². The Balaban J connectivity index is 0.00000816. The van der Waals surface area contributed by atoms with Gasteiger partial charge in [-0.15, -0.1) is 107 Å². The third-order valence-corrected chi connectivity index (χ3v) is 17.5. The summed E-state index contributed by atoms with van der Waals surface area (Å²) in [7, 11) is 0. The Morgan fingerprint density at radius 1 is 0.293 bits per heavy atom. The molecule has 3 heterocycles. The van der Waals surface area contributed by atoms with Crippen LogP contribution >= 0.6 is 0 Å². The summed E-state index contributed by atoms with van der Waals surface area (Å²) < 4.78 is 0. The zero-order chi connectivity index (χ0) is 62.9. The van der Waals surface area contributed by atoms with Crippen LogP contribution in [0.1, 0.15) is 95.7 Å². The zero-order valence-electron chi connectivity index (χ0n) is 53.7. The fourth-order valence-electron chi connectivity index (χ4n) is 12.3. The fourth-order valence-corrected chi connectivity index (χ4v) is 12.3. The Kier molecular flexibility index (Phi) is 17.7. The molecule has 1 aliphatic rings. The van der Waals surface area contributed by atoms with Gasteiger partial charge in [0, 0.05) is 38.7 Å². The van der Waals surface area contributed by atoms with Gasteiger partial charge in [0.2, 0.25) is 0 Å². The van der Waals surface area contributed by atoms with Crippen molar-refractivity contribution in [1.29, 1.82) is 0 Å². The van der Waals surface area contributed by atoms with Crippen LogP contribution in [0.4, 0.5) is 0 Å². The first-order valence-corrected chi connectivity index (χ1v) is 31.5. The maximum absolute atomic E-state index is 4.93. The van der Waals surface area contributed by atoms with Gasteiger partial charge >= 0.3 is 0 Å². The molecule has 1 aliphatic carbocycles. The predicted molar refractivity (Wildman–Crippen MR) is 382 cm³/mol. The van der Waals surface area contributed by atoms with E-state index in [4.69, 9.17) is 15.0 Å². The van der Waals surface area contributed by atoms with Crippen molar-refractivity contribution in [2.75, 3.05) is 0 Å². The molecule has 92 heavy (non-hydrogen) atoms. The molecule has 0 aliphatic heterocycles. The van der Waals surface area contributed by atoms with Crippen LogP contribution in [0.2, 0.25) is 0 Å². The van der Waals surface area contributed by atoms with E-state index in [1.54, 1.807) is 0 Å². The zero-order valence-corrected chi connectivity index (χ0v) is 56.1. The number of pyridine rings is 3. The van der Waals surface area contributed by atoms with Crippen LogP contribution in [0.25, 0.3) is 117 Å². The molecule has 0 saturated carbocycles. The first-order chi connectivity index (χ1) is 44.0. The standard InChI is InChI=1S/C88H73N3.Ir/c1-86(2,3)68-45-48-89-83(56-68)64-39-42-77(80(53-64)59-25-13-10-14-26-59)74-34-22-19-31-71(74)62-37-38-63(72-32-20-23-35-75(72)78-43-40-65(54-81(78)60-27-15-11-16-28-60)84-57-69(46-49-90-84)87(4,5)6)52-67(51-62)73-33-21-24-36-76(73)79-44-41-66(55-82(79)61-29-17-12-18-30-61)85-58-70(47-50-91-85)88(7,8)9;/h10-38,42-58H,1-9H3;/q-4;. The van der Waals surface area contributed by atoms with Crippen LogP contribution in [0.5, 0.6) is 0 Å². The summed E-state index contributed by atoms with van der Waals surface area (Å²) in [6.07, 6.45) is 15.2. The normalized spacial score (nSPS) is 12.6. The van der Waals surface area contributed by atoms with E-state index in [0.717, 1.165) is 134 Å². The summed E-state index contributed by atoms with van der Waals surface area (Å²) in [4.78, 5) is 14.8. The largest absolute Gasteiger partial charge is 0.305 e. The Morgan fingerprint density at radius 3 is 0.946 bits per heavy atom. The number of hydrogen-bond donors (Lipinski definition) is 0. The van der Waals surface area contributed by atoms with Crippen molar-refractivity contribution in [2.24, 2.45) is 0 Å². The van der Waals surface area contributed by atoms with Crippen LogP contribution in [-0.2, 0) is 36.4 Å². The van der Waals surface area contributed by atoms with Crippen molar-refractivity contribution in [3.05, 3.63) is 331 Å². The van der Waals surface area contributed by atoms with Crippen LogP contribution in [-0.4, -0.2) is 15.0 Å². The van der Waals surface area contributed by atoms with Crippen LogP contribution in [0, 0.1) is 24.6 Å². The molecule has 0 bridgehead atoms. The fraction of sp³-hybridized carbons (Fsp3) is 0.136. The minimum atomic E-state index is -0.0441. The molecule has 1 radical (unpaired) electrons. The number of hydrogen-bond acceptors (Lipinski definition) is 3. The van der Waals surface area contributed by atoms with Crippen LogP contribution in [0.15, 0.2) is 273 Å². The Hall–Kier alpha value is -9.83. The number of rotatable bonds is 12. The second-order valence-corrected chi connectivity index (χ2v) is 26.8. The summed E-state index contributed by atoms with van der Waals surface area (Å²) in [5.41, 5.74) is 28.7. The van der Waals surface area contributed by atoms with E-state index < -0.39 is 0 Å². The number of nitrogens with zero attached hydrogens (tertiary/aromatic N) is 3. The maximum atomic E-state index is 4.93. The van der Waals surface area contributed by atoms with Gasteiger partial charge in [-0.05, 0) is 90.5 Å². The molecule has 4 heteroatoms. The molecule has 0 saturated heterocycles. The van der Waals surface area contributed by atoms with Gasteiger partial charge in [0.1, 0.15) is 0 Å².